The Morgan fingerprint density at radius 1 is 0.842 bits per heavy atom. The van der Waals surface area contributed by atoms with Crippen LogP contribution in [0.1, 0.15) is 96.8 Å². The van der Waals surface area contributed by atoms with E-state index in [9.17, 15) is 5.21 Å². The summed E-state index contributed by atoms with van der Waals surface area (Å²) in [6, 6.07) is 0. The van der Waals surface area contributed by atoms with E-state index in [4.69, 9.17) is 0 Å². The molecule has 0 aromatic rings. The van der Waals surface area contributed by atoms with E-state index >= 15 is 0 Å². The van der Waals surface area contributed by atoms with Crippen LogP contribution < -0.4 is 0 Å². The lowest BCUT2D eigenvalue weighted by atomic mass is 9.78. The molecule has 0 radical (unpaired) electrons. The van der Waals surface area contributed by atoms with Gasteiger partial charge in [0.25, 0.3) is 0 Å². The van der Waals surface area contributed by atoms with E-state index in [1.807, 2.05) is 0 Å². The Morgan fingerprint density at radius 2 is 1.37 bits per heavy atom. The summed E-state index contributed by atoms with van der Waals surface area (Å²) in [6.07, 6.45) is 18.1. The Kier molecular flexibility index (Phi) is 8.72. The van der Waals surface area contributed by atoms with E-state index < -0.39 is 0 Å². The third kappa shape index (κ3) is 6.27. The van der Waals surface area contributed by atoms with E-state index in [1.54, 1.807) is 7.05 Å². The quantitative estimate of drug-likeness (QED) is 0.378. The molecule has 114 valence electrons. The van der Waals surface area contributed by atoms with Crippen molar-refractivity contribution in [2.75, 3.05) is 7.05 Å². The van der Waals surface area contributed by atoms with Crippen molar-refractivity contribution in [3.8, 4) is 0 Å². The van der Waals surface area contributed by atoms with E-state index in [1.165, 1.54) is 75.7 Å². The molecule has 1 aliphatic carbocycles. The molecule has 19 heavy (non-hydrogen) atoms. The minimum atomic E-state index is 0.000457. The second-order valence-electron chi connectivity index (χ2n) is 6.51. The van der Waals surface area contributed by atoms with Crippen LogP contribution in [0, 0.1) is 5.21 Å². The molecule has 0 aliphatic heterocycles. The molecule has 0 unspecified atom stereocenters. The zero-order valence-corrected chi connectivity index (χ0v) is 13.3. The van der Waals surface area contributed by atoms with Crippen LogP contribution in [-0.2, 0) is 0 Å². The first-order chi connectivity index (χ1) is 9.21. The molecule has 0 spiro atoms. The molecular formula is C17H34NO-. The molecule has 0 N–H and O–H groups in total. The number of hydroxylamine groups is 2. The van der Waals surface area contributed by atoms with Gasteiger partial charge in [-0.1, -0.05) is 77.6 Å². The molecule has 2 heteroatoms. The highest BCUT2D eigenvalue weighted by Crippen LogP contribution is 2.36. The van der Waals surface area contributed by atoms with Crippen LogP contribution in [0.5, 0.6) is 0 Å². The Labute approximate surface area is 120 Å². The average Bonchev–Trinajstić information content (AvgIpc) is 2.42. The fourth-order valence-corrected chi connectivity index (χ4v) is 3.52. The zero-order valence-electron chi connectivity index (χ0n) is 13.3. The summed E-state index contributed by atoms with van der Waals surface area (Å²) in [5, 5.41) is 13.2. The third-order valence-corrected chi connectivity index (χ3v) is 4.95. The molecule has 0 aromatic carbocycles. The van der Waals surface area contributed by atoms with Gasteiger partial charge in [-0.15, -0.1) is 0 Å². The third-order valence-electron chi connectivity index (χ3n) is 4.95. The van der Waals surface area contributed by atoms with Crippen molar-refractivity contribution in [3.63, 3.8) is 0 Å². The van der Waals surface area contributed by atoms with Crippen molar-refractivity contribution in [1.82, 2.24) is 5.06 Å². The van der Waals surface area contributed by atoms with Crippen LogP contribution in [0.4, 0.5) is 0 Å². The number of unbranched alkanes of at least 4 members (excludes halogenated alkanes) is 7. The minimum Gasteiger partial charge on any atom is -0.785 e. The highest BCUT2D eigenvalue weighted by molar-refractivity contribution is 4.91. The Bertz CT molecular complexity index is 209. The Balaban J connectivity index is 2.08. The van der Waals surface area contributed by atoms with Gasteiger partial charge in [0.1, 0.15) is 0 Å². The molecule has 0 bridgehead atoms. The molecular weight excluding hydrogens is 234 g/mol. The first-order valence-corrected chi connectivity index (χ1v) is 8.62. The van der Waals surface area contributed by atoms with Crippen LogP contribution >= 0.6 is 0 Å². The Hall–Kier alpha value is -0.0800. The SMILES string of the molecule is CCCCCCCCCCC1(N(C)[O-])CCCCC1. The van der Waals surface area contributed by atoms with Crippen molar-refractivity contribution in [2.24, 2.45) is 0 Å². The standard InChI is InChI=1S/C17H34NO/c1-3-4-5-6-7-8-9-11-14-17(18(2)19)15-12-10-13-16-17/h3-16H2,1-2H3/q-1. The molecule has 0 atom stereocenters. The van der Waals surface area contributed by atoms with Crippen molar-refractivity contribution >= 4 is 0 Å². The second kappa shape index (κ2) is 9.77. The summed E-state index contributed by atoms with van der Waals surface area (Å²) in [5.74, 6) is 0. The molecule has 1 rings (SSSR count). The summed E-state index contributed by atoms with van der Waals surface area (Å²) in [7, 11) is 1.75. The largest absolute Gasteiger partial charge is 0.785 e. The normalized spacial score (nSPS) is 18.9. The van der Waals surface area contributed by atoms with E-state index in [-0.39, 0.29) is 5.54 Å². The fourth-order valence-electron chi connectivity index (χ4n) is 3.52. The monoisotopic (exact) mass is 268 g/mol. The highest BCUT2D eigenvalue weighted by atomic mass is 16.5. The molecule has 2 nitrogen and oxygen atoms in total. The molecule has 1 aliphatic rings. The van der Waals surface area contributed by atoms with E-state index in [0.717, 1.165) is 19.3 Å². The molecule has 0 saturated heterocycles. The van der Waals surface area contributed by atoms with Crippen LogP contribution in [0.25, 0.3) is 0 Å². The van der Waals surface area contributed by atoms with Crippen LogP contribution in [0.3, 0.4) is 0 Å². The van der Waals surface area contributed by atoms with Crippen molar-refractivity contribution < 1.29 is 0 Å². The predicted octanol–water partition coefficient (Wildman–Crippen LogP) is 5.65. The highest BCUT2D eigenvalue weighted by Gasteiger charge is 2.30. The van der Waals surface area contributed by atoms with Crippen LogP contribution in [0.2, 0.25) is 0 Å². The van der Waals surface area contributed by atoms with Crippen molar-refractivity contribution in [2.45, 2.75) is 102 Å². The van der Waals surface area contributed by atoms with Gasteiger partial charge in [-0.05, 0) is 26.3 Å². The minimum absolute atomic E-state index is 0.000457. The summed E-state index contributed by atoms with van der Waals surface area (Å²) in [5.41, 5.74) is 0.000457. The summed E-state index contributed by atoms with van der Waals surface area (Å²) >= 11 is 0. The number of hydrogen-bond donors (Lipinski definition) is 0. The molecule has 1 fully saturated rings. The number of hydrogen-bond acceptors (Lipinski definition) is 2. The first kappa shape index (κ1) is 17.0. The predicted molar refractivity (Wildman–Crippen MR) is 84.2 cm³/mol. The lowest BCUT2D eigenvalue weighted by Gasteiger charge is -2.49. The van der Waals surface area contributed by atoms with Crippen LogP contribution in [0.15, 0.2) is 0 Å². The number of rotatable bonds is 10. The van der Waals surface area contributed by atoms with Gasteiger partial charge in [-0.2, -0.15) is 0 Å². The van der Waals surface area contributed by atoms with E-state index in [2.05, 4.69) is 6.92 Å². The van der Waals surface area contributed by atoms with Gasteiger partial charge in [0, 0.05) is 5.54 Å². The Morgan fingerprint density at radius 3 is 1.89 bits per heavy atom. The topological polar surface area (TPSA) is 26.3 Å². The molecule has 0 aromatic heterocycles. The fraction of sp³-hybridized carbons (Fsp3) is 1.00. The average molecular weight is 268 g/mol. The number of nitrogens with zero attached hydrogens (tertiary/aromatic N) is 1. The van der Waals surface area contributed by atoms with Crippen LogP contribution in [-0.4, -0.2) is 17.6 Å². The van der Waals surface area contributed by atoms with Gasteiger partial charge in [-0.3, -0.25) is 0 Å². The van der Waals surface area contributed by atoms with Crippen molar-refractivity contribution in [3.05, 3.63) is 5.21 Å². The summed E-state index contributed by atoms with van der Waals surface area (Å²) in [4.78, 5) is 0. The van der Waals surface area contributed by atoms with Gasteiger partial charge in [0.05, 0.1) is 0 Å². The van der Waals surface area contributed by atoms with Crippen molar-refractivity contribution in [1.29, 1.82) is 0 Å². The van der Waals surface area contributed by atoms with Gasteiger partial charge in [0.2, 0.25) is 0 Å². The summed E-state index contributed by atoms with van der Waals surface area (Å²) < 4.78 is 0. The summed E-state index contributed by atoms with van der Waals surface area (Å²) in [6.45, 7) is 2.27. The maximum absolute atomic E-state index is 11.9. The van der Waals surface area contributed by atoms with Gasteiger partial charge in [-0.25, -0.2) is 0 Å². The van der Waals surface area contributed by atoms with E-state index in [0.29, 0.717) is 0 Å². The lowest BCUT2D eigenvalue weighted by molar-refractivity contribution is 0.106. The molecule has 0 heterocycles. The smallest absolute Gasteiger partial charge is 0.00884 e. The van der Waals surface area contributed by atoms with Gasteiger partial charge >= 0.3 is 0 Å². The van der Waals surface area contributed by atoms with Gasteiger partial charge in [0.15, 0.2) is 0 Å². The first-order valence-electron chi connectivity index (χ1n) is 8.62. The maximum Gasteiger partial charge on any atom is 0.00884 e. The lowest BCUT2D eigenvalue weighted by Crippen LogP contribution is -2.44. The zero-order chi connectivity index (χ0) is 14.0. The second-order valence-corrected chi connectivity index (χ2v) is 6.51. The molecule has 1 saturated carbocycles. The molecule has 0 amide bonds. The maximum atomic E-state index is 11.9. The van der Waals surface area contributed by atoms with Gasteiger partial charge < -0.3 is 10.3 Å².